The van der Waals surface area contributed by atoms with Crippen LogP contribution in [0.15, 0.2) is 48.5 Å². The molecule has 0 saturated carbocycles. The Hall–Kier alpha value is -2.93. The number of nitrogens with zero attached hydrogens (tertiary/aromatic N) is 2. The summed E-state index contributed by atoms with van der Waals surface area (Å²) < 4.78 is 13.9. The fourth-order valence-electron chi connectivity index (χ4n) is 2.21. The molecule has 3 rings (SSSR count). The van der Waals surface area contributed by atoms with E-state index in [4.69, 9.17) is 0 Å². The van der Waals surface area contributed by atoms with Crippen LogP contribution in [0.2, 0.25) is 0 Å². The third-order valence-corrected chi connectivity index (χ3v) is 3.31. The zero-order chi connectivity index (χ0) is 14.8. The minimum atomic E-state index is -0.367. The van der Waals surface area contributed by atoms with Crippen molar-refractivity contribution < 1.29 is 4.39 Å². The number of aromatic nitrogens is 1. The van der Waals surface area contributed by atoms with Gasteiger partial charge in [-0.1, -0.05) is 30.3 Å². The first-order chi connectivity index (χ1) is 10.2. The average Bonchev–Trinajstić information content (AvgIpc) is 2.50. The van der Waals surface area contributed by atoms with Gasteiger partial charge in [0.1, 0.15) is 17.7 Å². The van der Waals surface area contributed by atoms with Gasteiger partial charge in [-0.15, -0.1) is 0 Å². The van der Waals surface area contributed by atoms with Gasteiger partial charge in [-0.2, -0.15) is 5.26 Å². The molecule has 0 fully saturated rings. The second kappa shape index (κ2) is 5.22. The van der Waals surface area contributed by atoms with Crippen LogP contribution in [0.25, 0.3) is 10.9 Å². The Bertz CT molecular complexity index is 845. The van der Waals surface area contributed by atoms with Gasteiger partial charge >= 0.3 is 0 Å². The minimum Gasteiger partial charge on any atom is -0.337 e. The van der Waals surface area contributed by atoms with E-state index in [-0.39, 0.29) is 5.82 Å². The highest BCUT2D eigenvalue weighted by Crippen LogP contribution is 2.26. The maximum absolute atomic E-state index is 13.9. The van der Waals surface area contributed by atoms with Gasteiger partial charge in [0.25, 0.3) is 0 Å². The SMILES string of the molecule is Cc1cccc(F)c1Nc1nc2ccccc2cc1C#N. The van der Waals surface area contributed by atoms with Gasteiger partial charge in [0.05, 0.1) is 16.8 Å². The van der Waals surface area contributed by atoms with Crippen molar-refractivity contribution >= 4 is 22.4 Å². The number of aryl methyl sites for hydroxylation is 1. The third kappa shape index (κ3) is 2.41. The van der Waals surface area contributed by atoms with Crippen LogP contribution < -0.4 is 5.32 Å². The maximum atomic E-state index is 13.9. The molecule has 0 aliphatic rings. The van der Waals surface area contributed by atoms with E-state index >= 15 is 0 Å². The first kappa shape index (κ1) is 13.1. The number of anilines is 2. The van der Waals surface area contributed by atoms with Crippen molar-refractivity contribution in [3.8, 4) is 6.07 Å². The number of pyridine rings is 1. The van der Waals surface area contributed by atoms with Crippen molar-refractivity contribution in [3.63, 3.8) is 0 Å². The Kier molecular flexibility index (Phi) is 3.25. The summed E-state index contributed by atoms with van der Waals surface area (Å²) in [6.45, 7) is 1.80. The Morgan fingerprint density at radius 2 is 1.95 bits per heavy atom. The summed E-state index contributed by atoms with van der Waals surface area (Å²) in [4.78, 5) is 4.42. The smallest absolute Gasteiger partial charge is 0.149 e. The molecule has 102 valence electrons. The van der Waals surface area contributed by atoms with Crippen LogP contribution in [-0.2, 0) is 0 Å². The highest BCUT2D eigenvalue weighted by Gasteiger charge is 2.11. The van der Waals surface area contributed by atoms with E-state index in [1.54, 1.807) is 25.1 Å². The second-order valence-corrected chi connectivity index (χ2v) is 4.75. The monoisotopic (exact) mass is 277 g/mol. The van der Waals surface area contributed by atoms with Crippen molar-refractivity contribution in [1.82, 2.24) is 4.98 Å². The Morgan fingerprint density at radius 1 is 1.14 bits per heavy atom. The summed E-state index contributed by atoms with van der Waals surface area (Å²) in [5.41, 5.74) is 2.25. The number of halogens is 1. The van der Waals surface area contributed by atoms with Crippen LogP contribution in [0.4, 0.5) is 15.9 Å². The zero-order valence-electron chi connectivity index (χ0n) is 11.4. The summed E-state index contributed by atoms with van der Waals surface area (Å²) in [6, 6.07) is 16.2. The lowest BCUT2D eigenvalue weighted by Gasteiger charge is -2.12. The van der Waals surface area contributed by atoms with Gasteiger partial charge in [-0.25, -0.2) is 9.37 Å². The minimum absolute atomic E-state index is 0.344. The van der Waals surface area contributed by atoms with E-state index in [9.17, 15) is 9.65 Å². The molecule has 4 heteroatoms. The average molecular weight is 277 g/mol. The molecule has 1 aromatic heterocycles. The molecule has 21 heavy (non-hydrogen) atoms. The predicted molar refractivity (Wildman–Crippen MR) is 80.9 cm³/mol. The molecule has 0 aliphatic carbocycles. The molecule has 3 aromatic rings. The van der Waals surface area contributed by atoms with Crippen molar-refractivity contribution in [1.29, 1.82) is 5.26 Å². The Morgan fingerprint density at radius 3 is 2.71 bits per heavy atom. The molecular formula is C17H12FN3. The molecule has 2 aromatic carbocycles. The van der Waals surface area contributed by atoms with Crippen molar-refractivity contribution in [2.24, 2.45) is 0 Å². The number of benzene rings is 2. The van der Waals surface area contributed by atoms with E-state index in [0.29, 0.717) is 17.1 Å². The molecule has 0 aliphatic heterocycles. The molecule has 0 bridgehead atoms. The molecular weight excluding hydrogens is 265 g/mol. The number of nitrogens with one attached hydrogen (secondary N) is 1. The lowest BCUT2D eigenvalue weighted by molar-refractivity contribution is 0.631. The normalized spacial score (nSPS) is 10.3. The summed E-state index contributed by atoms with van der Waals surface area (Å²) in [7, 11) is 0. The third-order valence-electron chi connectivity index (χ3n) is 3.31. The van der Waals surface area contributed by atoms with Gasteiger partial charge in [0.15, 0.2) is 0 Å². The van der Waals surface area contributed by atoms with Crippen molar-refractivity contribution in [2.75, 3.05) is 5.32 Å². The number of fused-ring (bicyclic) bond motifs is 1. The Balaban J connectivity index is 2.14. The number of hydrogen-bond acceptors (Lipinski definition) is 3. The van der Waals surface area contributed by atoms with E-state index in [0.717, 1.165) is 16.5 Å². The first-order valence-electron chi connectivity index (χ1n) is 6.51. The van der Waals surface area contributed by atoms with Crippen LogP contribution in [0.3, 0.4) is 0 Å². The van der Waals surface area contributed by atoms with Crippen LogP contribution >= 0.6 is 0 Å². The lowest BCUT2D eigenvalue weighted by Crippen LogP contribution is -2.01. The standard InChI is InChI=1S/C17H12FN3/c1-11-5-4-7-14(18)16(11)21-17-13(10-19)9-12-6-2-3-8-15(12)20-17/h2-9H,1H3,(H,20,21). The molecule has 1 N–H and O–H groups in total. The number of hydrogen-bond donors (Lipinski definition) is 1. The maximum Gasteiger partial charge on any atom is 0.149 e. The molecule has 0 spiro atoms. The van der Waals surface area contributed by atoms with Crippen molar-refractivity contribution in [2.45, 2.75) is 6.92 Å². The highest BCUT2D eigenvalue weighted by atomic mass is 19.1. The molecule has 0 unspecified atom stereocenters. The molecule has 0 amide bonds. The highest BCUT2D eigenvalue weighted by molar-refractivity contribution is 5.84. The van der Waals surface area contributed by atoms with Gasteiger partial charge in [0, 0.05) is 5.39 Å². The second-order valence-electron chi connectivity index (χ2n) is 4.75. The first-order valence-corrected chi connectivity index (χ1v) is 6.51. The van der Waals surface area contributed by atoms with Gasteiger partial charge in [0.2, 0.25) is 0 Å². The van der Waals surface area contributed by atoms with E-state index in [1.807, 2.05) is 24.3 Å². The zero-order valence-corrected chi connectivity index (χ0v) is 11.4. The van der Waals surface area contributed by atoms with Crippen molar-refractivity contribution in [3.05, 3.63) is 65.5 Å². The lowest BCUT2D eigenvalue weighted by atomic mass is 10.1. The Labute approximate surface area is 121 Å². The predicted octanol–water partition coefficient (Wildman–Crippen LogP) is 4.30. The van der Waals surface area contributed by atoms with Crippen LogP contribution in [0.1, 0.15) is 11.1 Å². The molecule has 0 saturated heterocycles. The molecule has 3 nitrogen and oxygen atoms in total. The fraction of sp³-hybridized carbons (Fsp3) is 0.0588. The molecule has 1 heterocycles. The fourth-order valence-corrected chi connectivity index (χ4v) is 2.21. The quantitative estimate of drug-likeness (QED) is 0.759. The topological polar surface area (TPSA) is 48.7 Å². The van der Waals surface area contributed by atoms with E-state index in [2.05, 4.69) is 16.4 Å². The molecule has 0 atom stereocenters. The van der Waals surface area contributed by atoms with Crippen LogP contribution in [0.5, 0.6) is 0 Å². The number of nitriles is 1. The number of rotatable bonds is 2. The van der Waals surface area contributed by atoms with E-state index < -0.39 is 0 Å². The van der Waals surface area contributed by atoms with Crippen LogP contribution in [-0.4, -0.2) is 4.98 Å². The number of para-hydroxylation sites is 2. The summed E-state index contributed by atoms with van der Waals surface area (Å²) in [6.07, 6.45) is 0. The largest absolute Gasteiger partial charge is 0.337 e. The molecule has 0 radical (unpaired) electrons. The summed E-state index contributed by atoms with van der Waals surface area (Å²) in [5, 5.41) is 13.1. The van der Waals surface area contributed by atoms with Gasteiger partial charge < -0.3 is 5.32 Å². The van der Waals surface area contributed by atoms with Gasteiger partial charge in [-0.05, 0) is 30.7 Å². The van der Waals surface area contributed by atoms with Gasteiger partial charge in [-0.3, -0.25) is 0 Å². The van der Waals surface area contributed by atoms with Crippen LogP contribution in [0, 0.1) is 24.1 Å². The van der Waals surface area contributed by atoms with E-state index in [1.165, 1.54) is 6.07 Å². The summed E-state index contributed by atoms with van der Waals surface area (Å²) in [5.74, 6) is -0.00162. The summed E-state index contributed by atoms with van der Waals surface area (Å²) >= 11 is 0.